The molecule has 5 heavy (non-hydrogen) atoms. The van der Waals surface area contributed by atoms with E-state index in [2.05, 4.69) is 65.2 Å². The van der Waals surface area contributed by atoms with Gasteiger partial charge in [-0.25, -0.2) is 0 Å². The minimum atomic E-state index is -1.22. The zero-order chi connectivity index (χ0) is 4.50. The number of rotatable bonds is 0. The van der Waals surface area contributed by atoms with Crippen LogP contribution in [0.5, 0.6) is 0 Å². The Labute approximate surface area is 66.8 Å². The molecule has 0 fully saturated rings. The molecule has 0 atom stereocenters. The fourth-order valence-electron chi connectivity index (χ4n) is 0. The first-order valence-electron chi connectivity index (χ1n) is 0.823. The quantitative estimate of drug-likeness (QED) is 0.503. The van der Waals surface area contributed by atoms with E-state index in [0.717, 1.165) is 0 Å². The van der Waals surface area contributed by atoms with Gasteiger partial charge in [-0.2, -0.15) is 0 Å². The van der Waals surface area contributed by atoms with Gasteiger partial charge in [0.25, 0.3) is 0 Å². The molecule has 0 aliphatic rings. The molecule has 0 heterocycles. The number of hydrogen-bond donors (Lipinski definition) is 0. The summed E-state index contributed by atoms with van der Waals surface area (Å²) in [5, 5.41) is 3.90. The van der Waals surface area contributed by atoms with Crippen molar-refractivity contribution in [3.63, 3.8) is 0 Å². The second kappa shape index (κ2) is 2.83. The van der Waals surface area contributed by atoms with Crippen LogP contribution >= 0.6 is 59.9 Å². The minimum absolute atomic E-state index is 1.22. The SMILES string of the molecule is [CH2]=[V]([I])([I])[I]. The fraction of sp³-hybridized carbons (Fsp3) is 0. The molecule has 0 aliphatic heterocycles. The Morgan fingerprint density at radius 3 is 1.20 bits per heavy atom. The van der Waals surface area contributed by atoms with Crippen molar-refractivity contribution in [3.8, 4) is 0 Å². The van der Waals surface area contributed by atoms with E-state index in [0.29, 0.717) is 0 Å². The summed E-state index contributed by atoms with van der Waals surface area (Å²) >= 11 is 7.23. The molecule has 0 spiro atoms. The van der Waals surface area contributed by atoms with E-state index in [1.807, 2.05) is 0 Å². The van der Waals surface area contributed by atoms with Crippen LogP contribution in [-0.4, -0.2) is 5.23 Å². The van der Waals surface area contributed by atoms with Crippen molar-refractivity contribution >= 4 is 65.2 Å². The van der Waals surface area contributed by atoms with Gasteiger partial charge >= 0.3 is 68.5 Å². The van der Waals surface area contributed by atoms with Crippen LogP contribution in [0.3, 0.4) is 0 Å². The third-order valence-electron chi connectivity index (χ3n) is 0. The maximum atomic E-state index is 3.90. The summed E-state index contributed by atoms with van der Waals surface area (Å²) in [6.45, 7) is 0. The first-order valence-corrected chi connectivity index (χ1v) is 15.3. The van der Waals surface area contributed by atoms with Crippen molar-refractivity contribution in [1.82, 2.24) is 0 Å². The van der Waals surface area contributed by atoms with Gasteiger partial charge in [0.15, 0.2) is 0 Å². The van der Waals surface area contributed by atoms with E-state index in [-0.39, 0.29) is 0 Å². The van der Waals surface area contributed by atoms with Crippen molar-refractivity contribution in [2.75, 3.05) is 0 Å². The van der Waals surface area contributed by atoms with E-state index in [4.69, 9.17) is 0 Å². The molecule has 4 heteroatoms. The maximum absolute atomic E-state index is 3.90. The van der Waals surface area contributed by atoms with E-state index in [1.54, 1.807) is 0 Å². The van der Waals surface area contributed by atoms with E-state index >= 15 is 0 Å². The first kappa shape index (κ1) is 7.64. The van der Waals surface area contributed by atoms with Crippen molar-refractivity contribution in [3.05, 3.63) is 0 Å². The monoisotopic (exact) mass is 446 g/mol. The average molecular weight is 446 g/mol. The van der Waals surface area contributed by atoms with Crippen LogP contribution < -0.4 is 0 Å². The average Bonchev–Trinajstić information content (AvgIpc) is 0.722. The van der Waals surface area contributed by atoms with Crippen molar-refractivity contribution in [2.45, 2.75) is 0 Å². The second-order valence-corrected chi connectivity index (χ2v) is 45.5. The molecule has 0 aromatic rings. The van der Waals surface area contributed by atoms with E-state index in [9.17, 15) is 0 Å². The normalized spacial score (nSPS) is 11.8. The van der Waals surface area contributed by atoms with Crippen LogP contribution in [0.2, 0.25) is 0 Å². The molecule has 0 nitrogen and oxygen atoms in total. The summed E-state index contributed by atoms with van der Waals surface area (Å²) in [6.07, 6.45) is 0. The second-order valence-electron chi connectivity index (χ2n) is 0.550. The molecular formula is CH2I3V. The molecule has 0 aliphatic carbocycles. The number of hydrogen-bond acceptors (Lipinski definition) is 0. The van der Waals surface area contributed by atoms with Gasteiger partial charge in [-0.3, -0.25) is 0 Å². The summed E-state index contributed by atoms with van der Waals surface area (Å²) < 4.78 is -1.22. The standard InChI is InChI=1S/CH2.3HI.V/h1H2;3*1H;/q;;;;+3/p-3. The van der Waals surface area contributed by atoms with Gasteiger partial charge in [-0.05, 0) is 0 Å². The Morgan fingerprint density at radius 2 is 1.20 bits per heavy atom. The van der Waals surface area contributed by atoms with Gasteiger partial charge in [0.1, 0.15) is 0 Å². The molecule has 0 N–H and O–H groups in total. The van der Waals surface area contributed by atoms with E-state index in [1.165, 1.54) is 0 Å². The third-order valence-corrected chi connectivity index (χ3v) is 0. The Morgan fingerprint density at radius 1 is 1.20 bits per heavy atom. The molecule has 0 rings (SSSR count). The van der Waals surface area contributed by atoms with Gasteiger partial charge in [0.2, 0.25) is 0 Å². The van der Waals surface area contributed by atoms with Gasteiger partial charge in [-0.15, -0.1) is 0 Å². The van der Waals surface area contributed by atoms with Crippen LogP contribution in [0.1, 0.15) is 0 Å². The molecule has 0 aromatic heterocycles. The molecule has 0 aromatic carbocycles. The molecule has 0 amide bonds. The summed E-state index contributed by atoms with van der Waals surface area (Å²) in [5.41, 5.74) is 0. The van der Waals surface area contributed by atoms with Crippen LogP contribution in [0.15, 0.2) is 0 Å². The Balaban J connectivity index is 3.47. The Hall–Kier alpha value is 2.64. The van der Waals surface area contributed by atoms with Crippen molar-refractivity contribution in [2.24, 2.45) is 0 Å². The van der Waals surface area contributed by atoms with E-state index < -0.39 is 3.34 Å². The molecule has 0 unspecified atom stereocenters. The van der Waals surface area contributed by atoms with Gasteiger partial charge in [0.05, 0.1) is 0 Å². The van der Waals surface area contributed by atoms with Crippen LogP contribution in [-0.2, 0) is 3.34 Å². The van der Waals surface area contributed by atoms with Gasteiger partial charge in [0, 0.05) is 0 Å². The van der Waals surface area contributed by atoms with Gasteiger partial charge < -0.3 is 0 Å². The third kappa shape index (κ3) is 20.5. The predicted molar refractivity (Wildman–Crippen MR) is 49.2 cm³/mol. The summed E-state index contributed by atoms with van der Waals surface area (Å²) in [6, 6.07) is 0. The van der Waals surface area contributed by atoms with Crippen molar-refractivity contribution < 1.29 is 3.34 Å². The topological polar surface area (TPSA) is 0 Å². The predicted octanol–water partition coefficient (Wildman–Crippen LogP) is 2.62. The molecule has 0 saturated heterocycles. The zero-order valence-electron chi connectivity index (χ0n) is 2.29. The first-order chi connectivity index (χ1) is 2.00. The van der Waals surface area contributed by atoms with Crippen molar-refractivity contribution in [1.29, 1.82) is 0 Å². The molecule has 0 saturated carbocycles. The Kier molecular flexibility index (Phi) is 4.33. The van der Waals surface area contributed by atoms with Crippen LogP contribution in [0.4, 0.5) is 0 Å². The van der Waals surface area contributed by atoms with Gasteiger partial charge in [-0.1, -0.05) is 0 Å². The molecule has 0 radical (unpaired) electrons. The molecule has 0 bridgehead atoms. The summed E-state index contributed by atoms with van der Waals surface area (Å²) in [5.74, 6) is 0. The Bertz CT molecular complexity index is 53.0. The zero-order valence-corrected chi connectivity index (χ0v) is 10.2. The fourth-order valence-corrected chi connectivity index (χ4v) is 0. The molecule has 32 valence electrons. The van der Waals surface area contributed by atoms with Crippen LogP contribution in [0.25, 0.3) is 0 Å². The summed E-state index contributed by atoms with van der Waals surface area (Å²) in [4.78, 5) is 0. The summed E-state index contributed by atoms with van der Waals surface area (Å²) in [7, 11) is 0. The molecular weight excluding hydrogens is 444 g/mol. The van der Waals surface area contributed by atoms with Crippen LogP contribution in [0, 0.1) is 0 Å². The number of halogens is 3.